The van der Waals surface area contributed by atoms with Crippen LogP contribution in [0.2, 0.25) is 0 Å². The van der Waals surface area contributed by atoms with E-state index in [1.165, 1.54) is 0 Å². The van der Waals surface area contributed by atoms with Gasteiger partial charge >= 0.3 is 12.1 Å². The highest BCUT2D eigenvalue weighted by Gasteiger charge is 2.42. The number of hydrogen-bond acceptors (Lipinski definition) is 2. The number of rotatable bonds is 0. The maximum Gasteiger partial charge on any atom is 0.471 e. The molecular formula is C6H8F3NOS. The van der Waals surface area contributed by atoms with Crippen LogP contribution in [0.5, 0.6) is 0 Å². The number of nitrogens with zero attached hydrogens (tertiary/aromatic N) is 1. The summed E-state index contributed by atoms with van der Waals surface area (Å²) in [6.07, 6.45) is -4.71. The van der Waals surface area contributed by atoms with Crippen molar-refractivity contribution in [3.8, 4) is 0 Å². The highest BCUT2D eigenvalue weighted by atomic mass is 32.2. The zero-order valence-electron chi connectivity index (χ0n) is 6.23. The third-order valence-electron chi connectivity index (χ3n) is 1.54. The second-order valence-corrected chi connectivity index (χ2v) is 3.63. The number of amides is 1. The second-order valence-electron chi connectivity index (χ2n) is 2.40. The number of carbonyl (C=O) groups is 1. The smallest absolute Gasteiger partial charge is 0.333 e. The van der Waals surface area contributed by atoms with Crippen LogP contribution in [0.15, 0.2) is 0 Å². The van der Waals surface area contributed by atoms with E-state index in [-0.39, 0.29) is 13.1 Å². The van der Waals surface area contributed by atoms with E-state index < -0.39 is 12.1 Å². The number of carbonyl (C=O) groups excluding carboxylic acids is 1. The number of halogens is 3. The van der Waals surface area contributed by atoms with Crippen LogP contribution in [-0.2, 0) is 4.79 Å². The van der Waals surface area contributed by atoms with Gasteiger partial charge in [-0.15, -0.1) is 0 Å². The fraction of sp³-hybridized carbons (Fsp3) is 0.833. The normalized spacial score (nSPS) is 19.4. The SMILES string of the molecule is O=C(N1CCSCC1)C(F)(F)F. The van der Waals surface area contributed by atoms with Crippen molar-refractivity contribution in [2.75, 3.05) is 24.6 Å². The minimum Gasteiger partial charge on any atom is -0.333 e. The molecule has 1 aliphatic rings. The van der Waals surface area contributed by atoms with Gasteiger partial charge in [-0.05, 0) is 0 Å². The predicted octanol–water partition coefficient (Wildman–Crippen LogP) is 1.12. The average Bonchev–Trinajstić information content (AvgIpc) is 2.03. The number of hydrogen-bond donors (Lipinski definition) is 0. The van der Waals surface area contributed by atoms with Crippen LogP contribution in [0.4, 0.5) is 13.2 Å². The minimum absolute atomic E-state index is 0.211. The van der Waals surface area contributed by atoms with E-state index >= 15 is 0 Å². The molecule has 2 nitrogen and oxygen atoms in total. The van der Waals surface area contributed by atoms with Crippen LogP contribution < -0.4 is 0 Å². The van der Waals surface area contributed by atoms with E-state index in [9.17, 15) is 18.0 Å². The van der Waals surface area contributed by atoms with Crippen LogP contribution in [-0.4, -0.2) is 41.6 Å². The van der Waals surface area contributed by atoms with Gasteiger partial charge in [-0.25, -0.2) is 0 Å². The van der Waals surface area contributed by atoms with E-state index in [1.54, 1.807) is 11.8 Å². The van der Waals surface area contributed by atoms with Gasteiger partial charge in [0.15, 0.2) is 0 Å². The molecule has 0 aromatic rings. The molecule has 1 aliphatic heterocycles. The van der Waals surface area contributed by atoms with Crippen molar-refractivity contribution in [3.05, 3.63) is 0 Å². The third kappa shape index (κ3) is 2.30. The topological polar surface area (TPSA) is 20.3 Å². The molecule has 0 saturated carbocycles. The summed E-state index contributed by atoms with van der Waals surface area (Å²) in [5.74, 6) is -0.508. The Labute approximate surface area is 72.1 Å². The van der Waals surface area contributed by atoms with E-state index in [0.29, 0.717) is 11.5 Å². The molecule has 1 rings (SSSR count). The first kappa shape index (κ1) is 9.70. The van der Waals surface area contributed by atoms with E-state index in [0.717, 1.165) is 4.90 Å². The molecule has 0 aromatic heterocycles. The molecule has 0 N–H and O–H groups in total. The van der Waals surface area contributed by atoms with Gasteiger partial charge in [-0.1, -0.05) is 0 Å². The molecule has 70 valence electrons. The summed E-state index contributed by atoms with van der Waals surface area (Å²) in [4.78, 5) is 11.5. The van der Waals surface area contributed by atoms with Crippen molar-refractivity contribution >= 4 is 17.7 Å². The number of thioether (sulfide) groups is 1. The minimum atomic E-state index is -4.71. The highest BCUT2D eigenvalue weighted by Crippen LogP contribution is 2.20. The Balaban J connectivity index is 2.51. The molecule has 0 spiro atoms. The Morgan fingerprint density at radius 3 is 2.17 bits per heavy atom. The largest absolute Gasteiger partial charge is 0.471 e. The monoisotopic (exact) mass is 199 g/mol. The molecule has 1 fully saturated rings. The summed E-state index contributed by atoms with van der Waals surface area (Å²) in [7, 11) is 0. The Bertz CT molecular complexity index is 176. The first-order valence-corrected chi connectivity index (χ1v) is 4.61. The Hall–Kier alpha value is -0.390. The lowest BCUT2D eigenvalue weighted by Gasteiger charge is -2.26. The molecular weight excluding hydrogens is 191 g/mol. The first-order valence-electron chi connectivity index (χ1n) is 3.45. The predicted molar refractivity (Wildman–Crippen MR) is 40.0 cm³/mol. The highest BCUT2D eigenvalue weighted by molar-refractivity contribution is 7.99. The van der Waals surface area contributed by atoms with Gasteiger partial charge in [0.05, 0.1) is 0 Å². The third-order valence-corrected chi connectivity index (χ3v) is 2.48. The molecule has 1 amide bonds. The van der Waals surface area contributed by atoms with Crippen LogP contribution in [0.1, 0.15) is 0 Å². The summed E-state index contributed by atoms with van der Waals surface area (Å²) in [6.45, 7) is 0.423. The van der Waals surface area contributed by atoms with Crippen molar-refractivity contribution in [3.63, 3.8) is 0 Å². The molecule has 12 heavy (non-hydrogen) atoms. The summed E-state index contributed by atoms with van der Waals surface area (Å²) in [5, 5.41) is 0. The number of alkyl halides is 3. The van der Waals surface area contributed by atoms with Crippen molar-refractivity contribution in [1.29, 1.82) is 0 Å². The van der Waals surface area contributed by atoms with Crippen LogP contribution >= 0.6 is 11.8 Å². The van der Waals surface area contributed by atoms with E-state index in [4.69, 9.17) is 0 Å². The van der Waals surface area contributed by atoms with Gasteiger partial charge in [0.1, 0.15) is 0 Å². The lowest BCUT2D eigenvalue weighted by atomic mass is 10.4. The van der Waals surface area contributed by atoms with E-state index in [1.807, 2.05) is 0 Å². The van der Waals surface area contributed by atoms with Gasteiger partial charge in [-0.2, -0.15) is 24.9 Å². The molecule has 6 heteroatoms. The van der Waals surface area contributed by atoms with Gasteiger partial charge < -0.3 is 4.90 Å². The molecule has 0 aliphatic carbocycles. The summed E-state index contributed by atoms with van der Waals surface area (Å²) < 4.78 is 35.5. The molecule has 1 saturated heterocycles. The lowest BCUT2D eigenvalue weighted by Crippen LogP contribution is -2.45. The van der Waals surface area contributed by atoms with E-state index in [2.05, 4.69) is 0 Å². The summed E-state index contributed by atoms with van der Waals surface area (Å²) in [5.41, 5.74) is 0. The lowest BCUT2D eigenvalue weighted by molar-refractivity contribution is -0.185. The first-order chi connectivity index (χ1) is 5.52. The molecule has 0 unspecified atom stereocenters. The van der Waals surface area contributed by atoms with Crippen molar-refractivity contribution in [2.45, 2.75) is 6.18 Å². The van der Waals surface area contributed by atoms with Crippen molar-refractivity contribution < 1.29 is 18.0 Å². The van der Waals surface area contributed by atoms with Crippen molar-refractivity contribution in [2.24, 2.45) is 0 Å². The maximum absolute atomic E-state index is 11.8. The second kappa shape index (κ2) is 3.55. The molecule has 0 aromatic carbocycles. The Morgan fingerprint density at radius 2 is 1.75 bits per heavy atom. The Kier molecular flexibility index (Phi) is 2.87. The van der Waals surface area contributed by atoms with Gasteiger partial charge in [-0.3, -0.25) is 4.79 Å². The molecule has 1 heterocycles. The molecule has 0 atom stereocenters. The van der Waals surface area contributed by atoms with Gasteiger partial charge in [0, 0.05) is 24.6 Å². The zero-order chi connectivity index (χ0) is 9.19. The van der Waals surface area contributed by atoms with Crippen molar-refractivity contribution in [1.82, 2.24) is 4.90 Å². The fourth-order valence-corrected chi connectivity index (χ4v) is 1.85. The quantitative estimate of drug-likeness (QED) is 0.582. The fourth-order valence-electron chi connectivity index (χ4n) is 0.946. The Morgan fingerprint density at radius 1 is 1.25 bits per heavy atom. The standard InChI is InChI=1S/C6H8F3NOS/c7-6(8,9)5(11)10-1-3-12-4-2-10/h1-4H2. The maximum atomic E-state index is 11.8. The summed E-state index contributed by atoms with van der Waals surface area (Å²) in [6, 6.07) is 0. The average molecular weight is 199 g/mol. The van der Waals surface area contributed by atoms with Crippen LogP contribution in [0.25, 0.3) is 0 Å². The molecule has 0 radical (unpaired) electrons. The van der Waals surface area contributed by atoms with Gasteiger partial charge in [0.25, 0.3) is 0 Å². The zero-order valence-corrected chi connectivity index (χ0v) is 7.04. The van der Waals surface area contributed by atoms with Crippen LogP contribution in [0.3, 0.4) is 0 Å². The molecule has 0 bridgehead atoms. The van der Waals surface area contributed by atoms with Crippen LogP contribution in [0, 0.1) is 0 Å². The summed E-state index contributed by atoms with van der Waals surface area (Å²) >= 11 is 1.57. The van der Waals surface area contributed by atoms with Gasteiger partial charge in [0.2, 0.25) is 0 Å².